The fourth-order valence-corrected chi connectivity index (χ4v) is 1.74. The van der Waals surface area contributed by atoms with Gasteiger partial charge in [0.15, 0.2) is 5.65 Å². The summed E-state index contributed by atoms with van der Waals surface area (Å²) in [5, 5.41) is 0.452. The molecule has 0 radical (unpaired) electrons. The Morgan fingerprint density at radius 2 is 2.18 bits per heavy atom. The number of rotatable bonds is 1. The number of imidazole rings is 1. The Balaban J connectivity index is 2.23. The van der Waals surface area contributed by atoms with Crippen molar-refractivity contribution in [1.82, 2.24) is 19.9 Å². The summed E-state index contributed by atoms with van der Waals surface area (Å²) in [5.41, 5.74) is 1.46. The number of nitrogens with zero attached hydrogens (tertiary/aromatic N) is 3. The summed E-state index contributed by atoms with van der Waals surface area (Å²) in [4.78, 5) is 15.0. The van der Waals surface area contributed by atoms with Gasteiger partial charge in [0.2, 0.25) is 0 Å². The number of nitrogens with one attached hydrogen (secondary N) is 1. The highest BCUT2D eigenvalue weighted by Gasteiger charge is 2.11. The van der Waals surface area contributed by atoms with Crippen LogP contribution in [0.25, 0.3) is 22.6 Å². The second-order valence-electron chi connectivity index (χ2n) is 3.47. The van der Waals surface area contributed by atoms with Crippen molar-refractivity contribution in [1.29, 1.82) is 0 Å². The molecule has 4 nitrogen and oxygen atoms in total. The van der Waals surface area contributed by atoms with Gasteiger partial charge >= 0.3 is 0 Å². The molecule has 1 N–H and O–H groups in total. The van der Waals surface area contributed by atoms with Crippen LogP contribution in [0.2, 0.25) is 5.02 Å². The number of hydrogen-bond donors (Lipinski definition) is 1. The van der Waals surface area contributed by atoms with Gasteiger partial charge in [0.1, 0.15) is 23.5 Å². The average Bonchev–Trinajstić information content (AvgIpc) is 2.75. The lowest BCUT2D eigenvalue weighted by Gasteiger charge is -1.99. The van der Waals surface area contributed by atoms with Gasteiger partial charge in [-0.15, -0.1) is 0 Å². The third-order valence-electron chi connectivity index (χ3n) is 2.35. The SMILES string of the molecule is Fc1ccc(Cl)cc1-c1nc2ncncc2[nH]1. The van der Waals surface area contributed by atoms with E-state index >= 15 is 0 Å². The van der Waals surface area contributed by atoms with Crippen LogP contribution in [0.3, 0.4) is 0 Å². The van der Waals surface area contributed by atoms with E-state index in [1.807, 2.05) is 0 Å². The van der Waals surface area contributed by atoms with Crippen molar-refractivity contribution in [3.63, 3.8) is 0 Å². The van der Waals surface area contributed by atoms with Crippen LogP contribution in [0, 0.1) is 5.82 Å². The lowest BCUT2D eigenvalue weighted by molar-refractivity contribution is 0.630. The van der Waals surface area contributed by atoms with Crippen LogP contribution in [-0.4, -0.2) is 19.9 Å². The molecule has 0 amide bonds. The van der Waals surface area contributed by atoms with E-state index in [0.717, 1.165) is 0 Å². The van der Waals surface area contributed by atoms with E-state index in [9.17, 15) is 4.39 Å². The molecule has 1 aromatic carbocycles. The molecule has 17 heavy (non-hydrogen) atoms. The molecule has 3 aromatic rings. The van der Waals surface area contributed by atoms with Crippen molar-refractivity contribution >= 4 is 22.8 Å². The molecular formula is C11H6ClFN4. The Hall–Kier alpha value is -2.01. The van der Waals surface area contributed by atoms with E-state index in [1.165, 1.54) is 24.5 Å². The highest BCUT2D eigenvalue weighted by molar-refractivity contribution is 6.30. The zero-order valence-electron chi connectivity index (χ0n) is 8.48. The van der Waals surface area contributed by atoms with Crippen molar-refractivity contribution < 1.29 is 4.39 Å². The fourth-order valence-electron chi connectivity index (χ4n) is 1.57. The first-order valence-corrected chi connectivity index (χ1v) is 5.23. The van der Waals surface area contributed by atoms with Gasteiger partial charge in [-0.2, -0.15) is 0 Å². The van der Waals surface area contributed by atoms with Gasteiger partial charge < -0.3 is 4.98 Å². The van der Waals surface area contributed by atoms with Gasteiger partial charge in [-0.3, -0.25) is 0 Å². The molecule has 0 saturated carbocycles. The second kappa shape index (κ2) is 3.78. The predicted molar refractivity (Wildman–Crippen MR) is 62.1 cm³/mol. The van der Waals surface area contributed by atoms with E-state index in [4.69, 9.17) is 11.6 Å². The van der Waals surface area contributed by atoms with E-state index in [0.29, 0.717) is 27.6 Å². The number of aromatic nitrogens is 4. The molecule has 2 aromatic heterocycles. The molecular weight excluding hydrogens is 243 g/mol. The van der Waals surface area contributed by atoms with E-state index in [1.54, 1.807) is 6.20 Å². The van der Waals surface area contributed by atoms with Crippen LogP contribution in [0.15, 0.2) is 30.7 Å². The van der Waals surface area contributed by atoms with Crippen LogP contribution >= 0.6 is 11.6 Å². The van der Waals surface area contributed by atoms with Crippen molar-refractivity contribution in [3.05, 3.63) is 41.6 Å². The second-order valence-corrected chi connectivity index (χ2v) is 3.91. The zero-order valence-corrected chi connectivity index (χ0v) is 9.24. The quantitative estimate of drug-likeness (QED) is 0.720. The summed E-state index contributed by atoms with van der Waals surface area (Å²) in [6.07, 6.45) is 2.97. The minimum absolute atomic E-state index is 0.315. The van der Waals surface area contributed by atoms with Crippen molar-refractivity contribution in [3.8, 4) is 11.4 Å². The summed E-state index contributed by atoms with van der Waals surface area (Å²) in [7, 11) is 0. The Morgan fingerprint density at radius 1 is 1.29 bits per heavy atom. The summed E-state index contributed by atoms with van der Waals surface area (Å²) < 4.78 is 13.6. The topological polar surface area (TPSA) is 54.5 Å². The maximum atomic E-state index is 13.6. The highest BCUT2D eigenvalue weighted by atomic mass is 35.5. The van der Waals surface area contributed by atoms with Gasteiger partial charge in [0.05, 0.1) is 11.8 Å². The molecule has 0 aliphatic heterocycles. The summed E-state index contributed by atoms with van der Waals surface area (Å²) >= 11 is 5.83. The van der Waals surface area contributed by atoms with Crippen LogP contribution in [0.4, 0.5) is 4.39 Å². The normalized spacial score (nSPS) is 10.9. The lowest BCUT2D eigenvalue weighted by Crippen LogP contribution is -1.86. The smallest absolute Gasteiger partial charge is 0.181 e. The molecule has 3 rings (SSSR count). The number of H-pyrrole nitrogens is 1. The van der Waals surface area contributed by atoms with Crippen LogP contribution in [0.5, 0.6) is 0 Å². The zero-order chi connectivity index (χ0) is 11.8. The number of aromatic amines is 1. The summed E-state index contributed by atoms with van der Waals surface area (Å²) in [6.45, 7) is 0. The Labute approximate surface area is 101 Å². The number of halogens is 2. The van der Waals surface area contributed by atoms with Gasteiger partial charge in [-0.25, -0.2) is 19.3 Å². The Bertz CT molecular complexity index is 662. The van der Waals surface area contributed by atoms with Crippen molar-refractivity contribution in [2.75, 3.05) is 0 Å². The minimum atomic E-state index is -0.388. The standard InChI is InChI=1S/C11H6ClFN4/c12-6-1-2-8(13)7(3-6)10-16-9-4-14-5-15-11(9)17-10/h1-5H,(H,14,15,16,17). The molecule has 0 spiro atoms. The number of fused-ring (bicyclic) bond motifs is 1. The molecule has 0 aliphatic rings. The first kappa shape index (κ1) is 10.2. The molecule has 84 valence electrons. The molecule has 6 heteroatoms. The average molecular weight is 249 g/mol. The van der Waals surface area contributed by atoms with Gasteiger partial charge in [0, 0.05) is 5.02 Å². The first-order valence-electron chi connectivity index (χ1n) is 4.85. The molecule has 0 saturated heterocycles. The van der Waals surface area contributed by atoms with E-state index in [2.05, 4.69) is 19.9 Å². The number of hydrogen-bond acceptors (Lipinski definition) is 3. The predicted octanol–water partition coefficient (Wildman–Crippen LogP) is 2.81. The molecule has 0 atom stereocenters. The van der Waals surface area contributed by atoms with Gasteiger partial charge in [-0.05, 0) is 18.2 Å². The maximum Gasteiger partial charge on any atom is 0.181 e. The molecule has 2 heterocycles. The molecule has 0 aliphatic carbocycles. The van der Waals surface area contributed by atoms with Gasteiger partial charge in [-0.1, -0.05) is 11.6 Å². The summed E-state index contributed by atoms with van der Waals surface area (Å²) in [6, 6.07) is 4.31. The third-order valence-corrected chi connectivity index (χ3v) is 2.58. The fraction of sp³-hybridized carbons (Fsp3) is 0. The van der Waals surface area contributed by atoms with Crippen molar-refractivity contribution in [2.45, 2.75) is 0 Å². The van der Waals surface area contributed by atoms with Crippen LogP contribution < -0.4 is 0 Å². The Morgan fingerprint density at radius 3 is 3.00 bits per heavy atom. The van der Waals surface area contributed by atoms with Crippen molar-refractivity contribution in [2.24, 2.45) is 0 Å². The first-order chi connectivity index (χ1) is 8.24. The van der Waals surface area contributed by atoms with E-state index < -0.39 is 0 Å². The van der Waals surface area contributed by atoms with E-state index in [-0.39, 0.29) is 5.82 Å². The minimum Gasteiger partial charge on any atom is -0.335 e. The van der Waals surface area contributed by atoms with Gasteiger partial charge in [0.25, 0.3) is 0 Å². The molecule has 0 fully saturated rings. The molecule has 0 bridgehead atoms. The van der Waals surface area contributed by atoms with Crippen LogP contribution in [-0.2, 0) is 0 Å². The lowest BCUT2D eigenvalue weighted by atomic mass is 10.2. The largest absolute Gasteiger partial charge is 0.335 e. The monoisotopic (exact) mass is 248 g/mol. The third kappa shape index (κ3) is 1.74. The summed E-state index contributed by atoms with van der Waals surface area (Å²) in [5.74, 6) is 0.00177. The Kier molecular flexibility index (Phi) is 2.26. The maximum absolute atomic E-state index is 13.6. The molecule has 0 unspecified atom stereocenters. The number of benzene rings is 1. The highest BCUT2D eigenvalue weighted by Crippen LogP contribution is 2.24. The van der Waals surface area contributed by atoms with Crippen LogP contribution in [0.1, 0.15) is 0 Å².